The summed E-state index contributed by atoms with van der Waals surface area (Å²) in [5.74, 6) is 0. The molecule has 0 saturated carbocycles. The second-order valence-electron chi connectivity index (χ2n) is 2.65. The smallest absolute Gasteiger partial charge is 0.00772 e. The molecule has 12 heavy (non-hydrogen) atoms. The van der Waals surface area contributed by atoms with Gasteiger partial charge in [0.2, 0.25) is 0 Å². The maximum Gasteiger partial charge on any atom is 0.00772 e. The Morgan fingerprint density at radius 2 is 0.750 bits per heavy atom. The van der Waals surface area contributed by atoms with Crippen LogP contribution >= 0.6 is 0 Å². The van der Waals surface area contributed by atoms with Gasteiger partial charge in [-0.15, -0.1) is 0 Å². The van der Waals surface area contributed by atoms with E-state index in [1.165, 1.54) is 0 Å². The molecule has 0 aromatic heterocycles. The zero-order valence-electron chi connectivity index (χ0n) is 7.29. The molecule has 1 aromatic carbocycles. The zero-order chi connectivity index (χ0) is 8.49. The van der Waals surface area contributed by atoms with Crippen LogP contribution in [0, 0.1) is 0 Å². The van der Waals surface area contributed by atoms with Crippen LogP contribution < -0.4 is 10.6 Å². The van der Waals surface area contributed by atoms with Crippen LogP contribution in [0.2, 0.25) is 0 Å². The Morgan fingerprint density at radius 3 is 0.917 bits per heavy atom. The Balaban J connectivity index is 0.000000120. The average Bonchev–Trinajstić information content (AvgIpc) is 2.24. The molecule has 0 radical (unpaired) electrons. The van der Waals surface area contributed by atoms with Gasteiger partial charge in [0.15, 0.2) is 0 Å². The van der Waals surface area contributed by atoms with Crippen molar-refractivity contribution in [3.63, 3.8) is 0 Å². The van der Waals surface area contributed by atoms with Crippen molar-refractivity contribution in [2.24, 2.45) is 0 Å². The fourth-order valence-corrected chi connectivity index (χ4v) is 0.988. The van der Waals surface area contributed by atoms with Gasteiger partial charge in [-0.2, -0.15) is 0 Å². The van der Waals surface area contributed by atoms with E-state index in [2.05, 4.69) is 10.6 Å². The first kappa shape index (κ1) is 9.23. The van der Waals surface area contributed by atoms with Crippen molar-refractivity contribution in [1.82, 2.24) is 10.6 Å². The standard InChI is InChI=1S/C6H6.C4H10N2/c1-2-4-6-5-3-1;1-2-6-4-3-5-1/h1-6H;5-6H,1-4H2. The van der Waals surface area contributed by atoms with E-state index in [1.807, 2.05) is 36.4 Å². The molecule has 1 fully saturated rings. The first-order chi connectivity index (χ1) is 6.00. The van der Waals surface area contributed by atoms with Gasteiger partial charge in [0.05, 0.1) is 0 Å². The van der Waals surface area contributed by atoms with E-state index in [1.54, 1.807) is 0 Å². The zero-order valence-corrected chi connectivity index (χ0v) is 7.29. The monoisotopic (exact) mass is 164 g/mol. The highest BCUT2D eigenvalue weighted by atomic mass is 15.0. The normalized spacial score (nSPS) is 16.0. The Kier molecular flexibility index (Phi) is 5.25. The molecule has 1 aliphatic heterocycles. The minimum Gasteiger partial charge on any atom is -0.314 e. The number of nitrogens with one attached hydrogen (secondary N) is 2. The lowest BCUT2D eigenvalue weighted by Gasteiger charge is -2.11. The Bertz CT molecular complexity index is 132. The number of benzene rings is 1. The molecule has 1 heterocycles. The Labute approximate surface area is 74.0 Å². The van der Waals surface area contributed by atoms with Crippen LogP contribution in [0.4, 0.5) is 0 Å². The summed E-state index contributed by atoms with van der Waals surface area (Å²) in [6.07, 6.45) is 0. The molecule has 1 saturated heterocycles. The van der Waals surface area contributed by atoms with Gasteiger partial charge in [-0.25, -0.2) is 0 Å². The van der Waals surface area contributed by atoms with Gasteiger partial charge in [-0.05, 0) is 0 Å². The second kappa shape index (κ2) is 6.83. The van der Waals surface area contributed by atoms with Gasteiger partial charge in [-0.3, -0.25) is 0 Å². The van der Waals surface area contributed by atoms with Crippen LogP contribution in [0.3, 0.4) is 0 Å². The van der Waals surface area contributed by atoms with Crippen LogP contribution in [-0.2, 0) is 0 Å². The molecule has 2 rings (SSSR count). The molecule has 0 spiro atoms. The summed E-state index contributed by atoms with van der Waals surface area (Å²) < 4.78 is 0. The molecule has 0 bridgehead atoms. The van der Waals surface area contributed by atoms with Gasteiger partial charge in [0.1, 0.15) is 0 Å². The molecular weight excluding hydrogens is 148 g/mol. The largest absolute Gasteiger partial charge is 0.314 e. The molecule has 0 amide bonds. The van der Waals surface area contributed by atoms with Crippen molar-refractivity contribution >= 4 is 0 Å². The van der Waals surface area contributed by atoms with E-state index in [4.69, 9.17) is 0 Å². The fourth-order valence-electron chi connectivity index (χ4n) is 0.988. The van der Waals surface area contributed by atoms with Crippen LogP contribution in [0.1, 0.15) is 0 Å². The van der Waals surface area contributed by atoms with Crippen LogP contribution in [0.25, 0.3) is 0 Å². The summed E-state index contributed by atoms with van der Waals surface area (Å²) in [6, 6.07) is 12.0. The fraction of sp³-hybridized carbons (Fsp3) is 0.400. The van der Waals surface area contributed by atoms with Crippen LogP contribution in [0.5, 0.6) is 0 Å². The highest BCUT2D eigenvalue weighted by Gasteiger charge is 1.91. The predicted molar refractivity (Wildman–Crippen MR) is 52.2 cm³/mol. The first-order valence-electron chi connectivity index (χ1n) is 4.41. The minimum atomic E-state index is 1.14. The van der Waals surface area contributed by atoms with E-state index in [-0.39, 0.29) is 0 Å². The highest BCUT2D eigenvalue weighted by molar-refractivity contribution is 4.99. The molecule has 66 valence electrons. The SMILES string of the molecule is C1CNCCN1.c1ccccc1. The van der Waals surface area contributed by atoms with Crippen molar-refractivity contribution in [2.45, 2.75) is 0 Å². The van der Waals surface area contributed by atoms with Gasteiger partial charge < -0.3 is 10.6 Å². The van der Waals surface area contributed by atoms with Crippen LogP contribution in [-0.4, -0.2) is 26.2 Å². The molecule has 1 aliphatic rings. The van der Waals surface area contributed by atoms with Gasteiger partial charge >= 0.3 is 0 Å². The second-order valence-corrected chi connectivity index (χ2v) is 2.65. The van der Waals surface area contributed by atoms with Crippen molar-refractivity contribution in [3.05, 3.63) is 36.4 Å². The summed E-state index contributed by atoms with van der Waals surface area (Å²) in [7, 11) is 0. The maximum atomic E-state index is 3.22. The summed E-state index contributed by atoms with van der Waals surface area (Å²) in [6.45, 7) is 4.56. The first-order valence-corrected chi connectivity index (χ1v) is 4.41. The minimum absolute atomic E-state index is 1.14. The highest BCUT2D eigenvalue weighted by Crippen LogP contribution is 1.79. The van der Waals surface area contributed by atoms with Crippen molar-refractivity contribution in [2.75, 3.05) is 26.2 Å². The molecule has 1 aromatic rings. The summed E-state index contributed by atoms with van der Waals surface area (Å²) in [5.41, 5.74) is 0. The average molecular weight is 164 g/mol. The van der Waals surface area contributed by atoms with E-state index in [9.17, 15) is 0 Å². The van der Waals surface area contributed by atoms with E-state index < -0.39 is 0 Å². The van der Waals surface area contributed by atoms with Crippen molar-refractivity contribution in [3.8, 4) is 0 Å². The lowest BCUT2D eigenvalue weighted by atomic mass is 10.4. The summed E-state index contributed by atoms with van der Waals surface area (Å²) in [4.78, 5) is 0. The third kappa shape index (κ3) is 4.88. The van der Waals surface area contributed by atoms with Crippen molar-refractivity contribution < 1.29 is 0 Å². The predicted octanol–water partition coefficient (Wildman–Crippen LogP) is 0.866. The quantitative estimate of drug-likeness (QED) is 0.594. The third-order valence-electron chi connectivity index (χ3n) is 1.62. The number of hydrogen-bond donors (Lipinski definition) is 2. The number of hydrogen-bond acceptors (Lipinski definition) is 2. The molecule has 2 heteroatoms. The van der Waals surface area contributed by atoms with Gasteiger partial charge in [0, 0.05) is 26.2 Å². The molecule has 2 nitrogen and oxygen atoms in total. The van der Waals surface area contributed by atoms with Gasteiger partial charge in [0.25, 0.3) is 0 Å². The molecule has 0 aliphatic carbocycles. The van der Waals surface area contributed by atoms with E-state index >= 15 is 0 Å². The summed E-state index contributed by atoms with van der Waals surface area (Å²) >= 11 is 0. The van der Waals surface area contributed by atoms with Gasteiger partial charge in [-0.1, -0.05) is 36.4 Å². The van der Waals surface area contributed by atoms with Crippen molar-refractivity contribution in [1.29, 1.82) is 0 Å². The number of piperazine rings is 1. The van der Waals surface area contributed by atoms with Crippen LogP contribution in [0.15, 0.2) is 36.4 Å². The third-order valence-corrected chi connectivity index (χ3v) is 1.62. The van der Waals surface area contributed by atoms with E-state index in [0.29, 0.717) is 0 Å². The lowest BCUT2D eigenvalue weighted by molar-refractivity contribution is 0.534. The van der Waals surface area contributed by atoms with E-state index in [0.717, 1.165) is 26.2 Å². The Morgan fingerprint density at radius 1 is 0.500 bits per heavy atom. The summed E-state index contributed by atoms with van der Waals surface area (Å²) in [5, 5.41) is 6.44. The lowest BCUT2D eigenvalue weighted by Crippen LogP contribution is -2.39. The molecule has 2 N–H and O–H groups in total. The topological polar surface area (TPSA) is 24.1 Å². The maximum absolute atomic E-state index is 3.22. The molecule has 0 unspecified atom stereocenters. The molecule has 0 atom stereocenters. The number of rotatable bonds is 0. The Hall–Kier alpha value is -0.860. The molecular formula is C10H16N2.